The Balaban J connectivity index is 1.67. The highest BCUT2D eigenvalue weighted by Gasteiger charge is 2.18. The summed E-state index contributed by atoms with van der Waals surface area (Å²) >= 11 is 0. The summed E-state index contributed by atoms with van der Waals surface area (Å²) in [6, 6.07) is 0. The number of hydrogen-bond acceptors (Lipinski definition) is 3. The van der Waals surface area contributed by atoms with E-state index in [-0.39, 0.29) is 0 Å². The maximum Gasteiger partial charge on any atom is 0.193 e. The molecule has 6 nitrogen and oxygen atoms in total. The summed E-state index contributed by atoms with van der Waals surface area (Å²) in [4.78, 5) is 6.55. The first-order chi connectivity index (χ1) is 10.2. The topological polar surface area (TPSA) is 54.7 Å². The Morgan fingerprint density at radius 1 is 1.62 bits per heavy atom. The van der Waals surface area contributed by atoms with Crippen LogP contribution < -0.4 is 5.32 Å². The molecule has 0 aromatic carbocycles. The molecule has 0 spiro atoms. The number of rotatable bonds is 6. The highest BCUT2D eigenvalue weighted by Crippen LogP contribution is 2.13. The maximum atomic E-state index is 5.43. The van der Waals surface area contributed by atoms with E-state index in [4.69, 9.17) is 4.74 Å². The fourth-order valence-corrected chi connectivity index (χ4v) is 2.68. The normalized spacial score (nSPS) is 19.0. The van der Waals surface area contributed by atoms with Gasteiger partial charge in [-0.15, -0.1) is 0 Å². The van der Waals surface area contributed by atoms with Crippen molar-refractivity contribution >= 4 is 5.96 Å². The minimum absolute atomic E-state index is 0.629. The summed E-state index contributed by atoms with van der Waals surface area (Å²) in [5.74, 6) is 1.59. The third kappa shape index (κ3) is 5.04. The molecule has 1 aromatic heterocycles. The van der Waals surface area contributed by atoms with E-state index >= 15 is 0 Å². The number of guanidine groups is 1. The van der Waals surface area contributed by atoms with E-state index in [1.165, 1.54) is 5.56 Å². The zero-order chi connectivity index (χ0) is 15.1. The molecule has 0 saturated carbocycles. The van der Waals surface area contributed by atoms with Crippen LogP contribution in [-0.2, 0) is 18.2 Å². The van der Waals surface area contributed by atoms with Gasteiger partial charge in [-0.1, -0.05) is 0 Å². The van der Waals surface area contributed by atoms with Gasteiger partial charge in [0.1, 0.15) is 0 Å². The standard InChI is InChI=1S/C15H27N5O/c1-16-15(19(2)10-14-6-8-21-12-14)17-7-4-5-13-9-18-20(3)11-13/h9,11,14H,4-8,10,12H2,1-3H3,(H,16,17). The maximum absolute atomic E-state index is 5.43. The Kier molecular flexibility index (Phi) is 6.04. The molecule has 1 atom stereocenters. The lowest BCUT2D eigenvalue weighted by molar-refractivity contribution is 0.181. The monoisotopic (exact) mass is 293 g/mol. The van der Waals surface area contributed by atoms with Crippen molar-refractivity contribution in [2.75, 3.05) is 40.4 Å². The molecule has 118 valence electrons. The van der Waals surface area contributed by atoms with Crippen molar-refractivity contribution < 1.29 is 4.74 Å². The first-order valence-corrected chi connectivity index (χ1v) is 7.66. The Hall–Kier alpha value is -1.56. The highest BCUT2D eigenvalue weighted by molar-refractivity contribution is 5.79. The Morgan fingerprint density at radius 2 is 2.48 bits per heavy atom. The number of nitrogens with one attached hydrogen (secondary N) is 1. The van der Waals surface area contributed by atoms with Crippen LogP contribution in [0.25, 0.3) is 0 Å². The van der Waals surface area contributed by atoms with Gasteiger partial charge in [-0.05, 0) is 24.8 Å². The number of hydrogen-bond donors (Lipinski definition) is 1. The highest BCUT2D eigenvalue weighted by atomic mass is 16.5. The average Bonchev–Trinajstić information content (AvgIpc) is 3.10. The van der Waals surface area contributed by atoms with E-state index in [0.717, 1.165) is 51.5 Å². The zero-order valence-electron chi connectivity index (χ0n) is 13.4. The lowest BCUT2D eigenvalue weighted by Crippen LogP contribution is -2.41. The quantitative estimate of drug-likeness (QED) is 0.481. The molecular weight excluding hydrogens is 266 g/mol. The molecular formula is C15H27N5O. The van der Waals surface area contributed by atoms with Gasteiger partial charge >= 0.3 is 0 Å². The largest absolute Gasteiger partial charge is 0.381 e. The average molecular weight is 293 g/mol. The third-order valence-corrected chi connectivity index (χ3v) is 3.81. The molecule has 2 rings (SSSR count). The fourth-order valence-electron chi connectivity index (χ4n) is 2.68. The predicted molar refractivity (Wildman–Crippen MR) is 84.4 cm³/mol. The van der Waals surface area contributed by atoms with Gasteiger partial charge in [0, 0.05) is 53.0 Å². The molecule has 1 saturated heterocycles. The van der Waals surface area contributed by atoms with Crippen molar-refractivity contribution in [2.45, 2.75) is 19.3 Å². The van der Waals surface area contributed by atoms with Gasteiger partial charge in [0.2, 0.25) is 0 Å². The van der Waals surface area contributed by atoms with Gasteiger partial charge in [0.15, 0.2) is 5.96 Å². The summed E-state index contributed by atoms with van der Waals surface area (Å²) in [7, 11) is 5.88. The van der Waals surface area contributed by atoms with Gasteiger partial charge in [0.05, 0.1) is 12.8 Å². The van der Waals surface area contributed by atoms with Gasteiger partial charge in [-0.3, -0.25) is 9.67 Å². The van der Waals surface area contributed by atoms with Crippen LogP contribution in [0, 0.1) is 5.92 Å². The van der Waals surface area contributed by atoms with Crippen LogP contribution in [0.1, 0.15) is 18.4 Å². The summed E-state index contributed by atoms with van der Waals surface area (Å²) in [6.07, 6.45) is 7.27. The van der Waals surface area contributed by atoms with E-state index in [1.807, 2.05) is 25.0 Å². The molecule has 1 aliphatic heterocycles. The fraction of sp³-hybridized carbons (Fsp3) is 0.733. The molecule has 0 amide bonds. The molecule has 1 unspecified atom stereocenters. The van der Waals surface area contributed by atoms with Crippen molar-refractivity contribution in [3.05, 3.63) is 18.0 Å². The Morgan fingerprint density at radius 3 is 3.10 bits per heavy atom. The second kappa shape index (κ2) is 8.02. The van der Waals surface area contributed by atoms with E-state index in [9.17, 15) is 0 Å². The van der Waals surface area contributed by atoms with Crippen LogP contribution in [0.15, 0.2) is 17.4 Å². The first kappa shape index (κ1) is 15.8. The molecule has 0 bridgehead atoms. The van der Waals surface area contributed by atoms with Crippen molar-refractivity contribution in [3.63, 3.8) is 0 Å². The number of ether oxygens (including phenoxy) is 1. The van der Waals surface area contributed by atoms with Crippen molar-refractivity contribution in [1.29, 1.82) is 0 Å². The number of nitrogens with zero attached hydrogens (tertiary/aromatic N) is 4. The summed E-state index contributed by atoms with van der Waals surface area (Å²) < 4.78 is 7.27. The Bertz CT molecular complexity index is 451. The molecule has 0 aliphatic carbocycles. The minimum Gasteiger partial charge on any atom is -0.381 e. The molecule has 2 heterocycles. The Labute approximate surface area is 127 Å². The van der Waals surface area contributed by atoms with Crippen molar-refractivity contribution in [1.82, 2.24) is 20.0 Å². The predicted octanol–water partition coefficient (Wildman–Crippen LogP) is 0.896. The van der Waals surface area contributed by atoms with Crippen LogP contribution in [0.4, 0.5) is 0 Å². The number of aryl methyl sites for hydroxylation is 2. The first-order valence-electron chi connectivity index (χ1n) is 7.66. The minimum atomic E-state index is 0.629. The summed E-state index contributed by atoms with van der Waals surface area (Å²) in [5.41, 5.74) is 1.28. The number of aliphatic imine (C=N–C) groups is 1. The van der Waals surface area contributed by atoms with Crippen LogP contribution in [0.2, 0.25) is 0 Å². The van der Waals surface area contributed by atoms with Crippen molar-refractivity contribution in [2.24, 2.45) is 18.0 Å². The zero-order valence-corrected chi connectivity index (χ0v) is 13.4. The molecule has 1 N–H and O–H groups in total. The van der Waals surface area contributed by atoms with Gasteiger partial charge in [-0.25, -0.2) is 0 Å². The van der Waals surface area contributed by atoms with Crippen LogP contribution in [-0.4, -0.2) is 61.0 Å². The van der Waals surface area contributed by atoms with E-state index in [0.29, 0.717) is 5.92 Å². The summed E-state index contributed by atoms with van der Waals surface area (Å²) in [5, 5.41) is 7.61. The van der Waals surface area contributed by atoms with Gasteiger partial charge in [0.25, 0.3) is 0 Å². The van der Waals surface area contributed by atoms with Gasteiger partial charge < -0.3 is 15.0 Å². The molecule has 21 heavy (non-hydrogen) atoms. The summed E-state index contributed by atoms with van der Waals surface area (Å²) in [6.45, 7) is 3.70. The van der Waals surface area contributed by atoms with E-state index in [2.05, 4.69) is 33.6 Å². The second-order valence-electron chi connectivity index (χ2n) is 5.71. The van der Waals surface area contributed by atoms with Crippen LogP contribution >= 0.6 is 0 Å². The number of aromatic nitrogens is 2. The molecule has 1 aliphatic rings. The molecule has 1 aromatic rings. The smallest absolute Gasteiger partial charge is 0.193 e. The molecule has 0 radical (unpaired) electrons. The van der Waals surface area contributed by atoms with E-state index < -0.39 is 0 Å². The second-order valence-corrected chi connectivity index (χ2v) is 5.71. The van der Waals surface area contributed by atoms with Crippen molar-refractivity contribution in [3.8, 4) is 0 Å². The molecule has 1 fully saturated rings. The van der Waals surface area contributed by atoms with E-state index in [1.54, 1.807) is 0 Å². The third-order valence-electron chi connectivity index (χ3n) is 3.81. The van der Waals surface area contributed by atoms with Crippen LogP contribution in [0.5, 0.6) is 0 Å². The lowest BCUT2D eigenvalue weighted by Gasteiger charge is -2.24. The SMILES string of the molecule is CN=C(NCCCc1cnn(C)c1)N(C)CC1CCOC1. The van der Waals surface area contributed by atoms with Crippen LogP contribution in [0.3, 0.4) is 0 Å². The van der Waals surface area contributed by atoms with Gasteiger partial charge in [-0.2, -0.15) is 5.10 Å². The lowest BCUT2D eigenvalue weighted by atomic mass is 10.1. The molecule has 6 heteroatoms.